The van der Waals surface area contributed by atoms with E-state index in [1.54, 1.807) is 11.0 Å². The van der Waals surface area contributed by atoms with Crippen LogP contribution in [0.1, 0.15) is 40.6 Å². The third-order valence-electron chi connectivity index (χ3n) is 7.01. The van der Waals surface area contributed by atoms with E-state index in [1.165, 1.54) is 11.1 Å². The van der Waals surface area contributed by atoms with Crippen molar-refractivity contribution in [3.05, 3.63) is 93.1 Å². The van der Waals surface area contributed by atoms with Gasteiger partial charge in [0, 0.05) is 30.2 Å². The molecule has 0 unspecified atom stereocenters. The molecule has 0 spiro atoms. The Balaban J connectivity index is 1.32. The van der Waals surface area contributed by atoms with E-state index in [9.17, 15) is 14.4 Å². The SMILES string of the molecule is CCc1ccc(-n2c(C)cc(/C=C3\SC(=O)N(CC(=O)N4CCc5ccccc5C4)C3=O)c2C)cc1. The number of carbonyl (C=O) groups excluding carboxylic acids is 3. The van der Waals surface area contributed by atoms with Crippen molar-refractivity contribution in [1.29, 1.82) is 0 Å². The third-order valence-corrected chi connectivity index (χ3v) is 7.92. The van der Waals surface area contributed by atoms with Crippen molar-refractivity contribution in [2.24, 2.45) is 0 Å². The van der Waals surface area contributed by atoms with Crippen LogP contribution in [0.4, 0.5) is 4.79 Å². The summed E-state index contributed by atoms with van der Waals surface area (Å²) in [7, 11) is 0. The number of fused-ring (bicyclic) bond motifs is 1. The lowest BCUT2D eigenvalue weighted by Crippen LogP contribution is -2.44. The first-order chi connectivity index (χ1) is 17.4. The van der Waals surface area contributed by atoms with Crippen LogP contribution >= 0.6 is 11.8 Å². The number of rotatable bonds is 5. The molecule has 2 aliphatic heterocycles. The Hall–Kier alpha value is -3.58. The van der Waals surface area contributed by atoms with Crippen molar-refractivity contribution in [3.63, 3.8) is 0 Å². The summed E-state index contributed by atoms with van der Waals surface area (Å²) in [4.78, 5) is 41.9. The van der Waals surface area contributed by atoms with Crippen LogP contribution in [0.5, 0.6) is 0 Å². The Bertz CT molecular complexity index is 1390. The summed E-state index contributed by atoms with van der Waals surface area (Å²) in [5.74, 6) is -0.616. The Morgan fingerprint density at radius 2 is 1.75 bits per heavy atom. The number of aromatic nitrogens is 1. The van der Waals surface area contributed by atoms with Crippen LogP contribution in [0.3, 0.4) is 0 Å². The smallest absolute Gasteiger partial charge is 0.294 e. The first-order valence-corrected chi connectivity index (χ1v) is 13.1. The quantitative estimate of drug-likeness (QED) is 0.448. The molecule has 0 N–H and O–H groups in total. The van der Waals surface area contributed by atoms with Gasteiger partial charge in [-0.25, -0.2) is 0 Å². The molecule has 3 heterocycles. The fourth-order valence-corrected chi connectivity index (χ4v) is 5.76. The van der Waals surface area contributed by atoms with E-state index >= 15 is 0 Å². The zero-order valence-electron chi connectivity index (χ0n) is 20.8. The number of hydrogen-bond acceptors (Lipinski definition) is 4. The molecule has 3 amide bonds. The van der Waals surface area contributed by atoms with Crippen molar-refractivity contribution in [1.82, 2.24) is 14.4 Å². The molecule has 0 atom stereocenters. The molecule has 184 valence electrons. The van der Waals surface area contributed by atoms with Gasteiger partial charge in [0.2, 0.25) is 5.91 Å². The average Bonchev–Trinajstić information content (AvgIpc) is 3.32. The molecule has 0 radical (unpaired) electrons. The highest BCUT2D eigenvalue weighted by molar-refractivity contribution is 8.18. The van der Waals surface area contributed by atoms with Crippen molar-refractivity contribution in [3.8, 4) is 5.69 Å². The number of aryl methyl sites for hydroxylation is 2. The molecule has 2 aliphatic rings. The van der Waals surface area contributed by atoms with Crippen LogP contribution in [0.15, 0.2) is 59.5 Å². The van der Waals surface area contributed by atoms with Crippen LogP contribution in [-0.2, 0) is 29.0 Å². The summed E-state index contributed by atoms with van der Waals surface area (Å²) in [5.41, 5.74) is 7.62. The molecule has 7 heteroatoms. The largest absolute Gasteiger partial charge is 0.336 e. The summed E-state index contributed by atoms with van der Waals surface area (Å²) in [5, 5.41) is -0.402. The van der Waals surface area contributed by atoms with Gasteiger partial charge in [-0.2, -0.15) is 0 Å². The summed E-state index contributed by atoms with van der Waals surface area (Å²) < 4.78 is 2.15. The van der Waals surface area contributed by atoms with Gasteiger partial charge in [0.05, 0.1) is 4.91 Å². The van der Waals surface area contributed by atoms with Gasteiger partial charge in [-0.15, -0.1) is 0 Å². The topological polar surface area (TPSA) is 62.6 Å². The minimum absolute atomic E-state index is 0.207. The normalized spacial score (nSPS) is 16.7. The lowest BCUT2D eigenvalue weighted by Gasteiger charge is -2.29. The van der Waals surface area contributed by atoms with E-state index in [0.29, 0.717) is 18.0 Å². The van der Waals surface area contributed by atoms with Gasteiger partial charge in [0.15, 0.2) is 0 Å². The maximum atomic E-state index is 13.1. The molecule has 1 aromatic heterocycles. The molecule has 6 nitrogen and oxygen atoms in total. The van der Waals surface area contributed by atoms with Gasteiger partial charge in [-0.1, -0.05) is 43.3 Å². The first kappa shape index (κ1) is 24.1. The Morgan fingerprint density at radius 3 is 2.47 bits per heavy atom. The minimum atomic E-state index is -0.409. The number of imide groups is 1. The van der Waals surface area contributed by atoms with Crippen molar-refractivity contribution < 1.29 is 14.4 Å². The molecule has 1 saturated heterocycles. The predicted molar refractivity (Wildman–Crippen MR) is 143 cm³/mol. The molecule has 0 bridgehead atoms. The monoisotopic (exact) mass is 499 g/mol. The van der Waals surface area contributed by atoms with Gasteiger partial charge in [-0.3, -0.25) is 19.3 Å². The van der Waals surface area contributed by atoms with Crippen molar-refractivity contribution in [2.75, 3.05) is 13.1 Å². The second kappa shape index (κ2) is 9.82. The van der Waals surface area contributed by atoms with Crippen LogP contribution in [-0.4, -0.2) is 44.5 Å². The second-order valence-electron chi connectivity index (χ2n) is 9.28. The predicted octanol–water partition coefficient (Wildman–Crippen LogP) is 5.28. The Morgan fingerprint density at radius 1 is 1.03 bits per heavy atom. The lowest BCUT2D eigenvalue weighted by molar-refractivity contribution is -0.136. The van der Waals surface area contributed by atoms with E-state index < -0.39 is 11.1 Å². The number of thioether (sulfide) groups is 1. The molecule has 5 rings (SSSR count). The second-order valence-corrected chi connectivity index (χ2v) is 10.3. The summed E-state index contributed by atoms with van der Waals surface area (Å²) >= 11 is 0.897. The van der Waals surface area contributed by atoms with E-state index in [-0.39, 0.29) is 12.5 Å². The van der Waals surface area contributed by atoms with E-state index in [2.05, 4.69) is 41.8 Å². The Labute approximate surface area is 215 Å². The van der Waals surface area contributed by atoms with Gasteiger partial charge in [-0.05, 0) is 85.0 Å². The molecule has 36 heavy (non-hydrogen) atoms. The molecule has 3 aromatic rings. The maximum Gasteiger partial charge on any atom is 0.294 e. The molecule has 0 aliphatic carbocycles. The van der Waals surface area contributed by atoms with Gasteiger partial charge >= 0.3 is 0 Å². The molecule has 0 saturated carbocycles. The number of hydrogen-bond donors (Lipinski definition) is 0. The fraction of sp³-hybridized carbons (Fsp3) is 0.276. The Kier molecular flexibility index (Phi) is 6.58. The number of carbonyl (C=O) groups is 3. The van der Waals surface area contributed by atoms with Crippen molar-refractivity contribution in [2.45, 2.75) is 40.2 Å². The maximum absolute atomic E-state index is 13.1. The van der Waals surface area contributed by atoms with Crippen LogP contribution in [0, 0.1) is 13.8 Å². The molecule has 2 aromatic carbocycles. The average molecular weight is 500 g/mol. The zero-order chi connectivity index (χ0) is 25.4. The number of nitrogens with zero attached hydrogens (tertiary/aromatic N) is 3. The summed E-state index contributed by atoms with van der Waals surface area (Å²) in [6, 6.07) is 18.5. The minimum Gasteiger partial charge on any atom is -0.336 e. The molecule has 1 fully saturated rings. The van der Waals surface area contributed by atoms with Gasteiger partial charge in [0.25, 0.3) is 11.1 Å². The highest BCUT2D eigenvalue weighted by atomic mass is 32.2. The van der Waals surface area contributed by atoms with Crippen LogP contribution < -0.4 is 0 Å². The highest BCUT2D eigenvalue weighted by Gasteiger charge is 2.37. The van der Waals surface area contributed by atoms with Crippen LogP contribution in [0.2, 0.25) is 0 Å². The van der Waals surface area contributed by atoms with Gasteiger partial charge in [0.1, 0.15) is 6.54 Å². The standard InChI is InChI=1S/C29H29N3O3S/c1-4-21-9-11-25(12-10-21)32-19(2)15-24(20(32)3)16-26-28(34)31(29(35)36-26)18-27(33)30-14-13-22-7-5-6-8-23(22)17-30/h5-12,15-16H,4,13-14,17-18H2,1-3H3/b26-16-. The molecular weight excluding hydrogens is 470 g/mol. The van der Waals surface area contributed by atoms with Gasteiger partial charge < -0.3 is 9.47 Å². The summed E-state index contributed by atoms with van der Waals surface area (Å²) in [6.07, 6.45) is 3.53. The first-order valence-electron chi connectivity index (χ1n) is 12.2. The van der Waals surface area contributed by atoms with Crippen LogP contribution in [0.25, 0.3) is 11.8 Å². The van der Waals surface area contributed by atoms with E-state index in [0.717, 1.165) is 57.7 Å². The lowest BCUT2D eigenvalue weighted by atomic mass is 10.00. The number of amides is 3. The fourth-order valence-electron chi connectivity index (χ4n) is 4.93. The highest BCUT2D eigenvalue weighted by Crippen LogP contribution is 2.34. The molecular formula is C29H29N3O3S. The number of benzene rings is 2. The van der Waals surface area contributed by atoms with E-state index in [4.69, 9.17) is 0 Å². The van der Waals surface area contributed by atoms with Crippen molar-refractivity contribution >= 4 is 34.9 Å². The van der Waals surface area contributed by atoms with E-state index in [1.807, 2.05) is 38.1 Å². The third kappa shape index (κ3) is 4.51. The zero-order valence-corrected chi connectivity index (χ0v) is 21.6. The summed E-state index contributed by atoms with van der Waals surface area (Å²) in [6.45, 7) is 7.03.